The predicted octanol–water partition coefficient (Wildman–Crippen LogP) is 3.24. The Morgan fingerprint density at radius 2 is 2.20 bits per heavy atom. The van der Waals surface area contributed by atoms with E-state index in [1.807, 2.05) is 0 Å². The average Bonchev–Trinajstić information content (AvgIpc) is 1.88. The van der Waals surface area contributed by atoms with Gasteiger partial charge in [0, 0.05) is 5.25 Å². The van der Waals surface area contributed by atoms with Crippen LogP contribution in [-0.4, -0.2) is 10.5 Å². The van der Waals surface area contributed by atoms with Crippen LogP contribution in [0.2, 0.25) is 0 Å². The molecular weight excluding hydrogens is 140 g/mol. The van der Waals surface area contributed by atoms with E-state index in [1.165, 1.54) is 19.3 Å². The molecule has 0 amide bonds. The summed E-state index contributed by atoms with van der Waals surface area (Å²) in [5.41, 5.74) is 0. The van der Waals surface area contributed by atoms with Crippen LogP contribution in [0.1, 0.15) is 33.1 Å². The van der Waals surface area contributed by atoms with Crippen LogP contribution >= 0.6 is 11.8 Å². The predicted molar refractivity (Wildman–Crippen MR) is 49.5 cm³/mol. The van der Waals surface area contributed by atoms with E-state index in [2.05, 4.69) is 37.8 Å². The topological polar surface area (TPSA) is 0 Å². The number of allylic oxidation sites excluding steroid dienone is 2. The minimum atomic E-state index is 0.802. The summed E-state index contributed by atoms with van der Waals surface area (Å²) in [6.07, 6.45) is 8.60. The van der Waals surface area contributed by atoms with Gasteiger partial charge >= 0.3 is 0 Å². The van der Waals surface area contributed by atoms with Crippen molar-refractivity contribution in [3.8, 4) is 0 Å². The summed E-state index contributed by atoms with van der Waals surface area (Å²) in [7, 11) is 0. The lowest BCUT2D eigenvalue weighted by Gasteiger charge is -2.18. The maximum absolute atomic E-state index is 2.32. The van der Waals surface area contributed by atoms with Crippen LogP contribution in [-0.2, 0) is 0 Å². The number of rotatable bonds is 2. The van der Waals surface area contributed by atoms with Gasteiger partial charge in [0.05, 0.1) is 0 Å². The molecule has 0 heterocycles. The van der Waals surface area contributed by atoms with Gasteiger partial charge in [0.2, 0.25) is 0 Å². The Bertz CT molecular complexity index is 116. The van der Waals surface area contributed by atoms with Crippen LogP contribution in [0.25, 0.3) is 0 Å². The molecule has 0 aromatic heterocycles. The highest BCUT2D eigenvalue weighted by Gasteiger charge is 2.10. The zero-order chi connectivity index (χ0) is 7.40. The van der Waals surface area contributed by atoms with Gasteiger partial charge in [-0.05, 0) is 24.5 Å². The molecule has 10 heavy (non-hydrogen) atoms. The van der Waals surface area contributed by atoms with E-state index in [-0.39, 0.29) is 0 Å². The fourth-order valence-electron chi connectivity index (χ4n) is 1.27. The number of thioether (sulfide) groups is 1. The molecule has 0 aromatic carbocycles. The molecule has 0 radical (unpaired) electrons. The van der Waals surface area contributed by atoms with E-state index in [0.29, 0.717) is 0 Å². The van der Waals surface area contributed by atoms with Crippen LogP contribution in [0.4, 0.5) is 0 Å². The maximum atomic E-state index is 2.32. The second-order valence-corrected chi connectivity index (χ2v) is 4.97. The van der Waals surface area contributed by atoms with Gasteiger partial charge in [0.25, 0.3) is 0 Å². The molecule has 0 aromatic rings. The highest BCUT2D eigenvalue weighted by atomic mass is 32.2. The van der Waals surface area contributed by atoms with Crippen molar-refractivity contribution in [1.29, 1.82) is 0 Å². The molecule has 0 fully saturated rings. The first-order valence-corrected chi connectivity index (χ1v) is 5.04. The summed E-state index contributed by atoms with van der Waals surface area (Å²) in [6.45, 7) is 4.56. The standard InChI is InChI=1S/C9H16S/c1-8(2)10-9-6-4-3-5-7-9/h3-4,8-9H,5-7H2,1-2H3. The minimum Gasteiger partial charge on any atom is -0.155 e. The Kier molecular flexibility index (Phi) is 3.33. The van der Waals surface area contributed by atoms with Crippen LogP contribution in [0.3, 0.4) is 0 Å². The van der Waals surface area contributed by atoms with Crippen molar-refractivity contribution in [2.24, 2.45) is 0 Å². The van der Waals surface area contributed by atoms with Crippen LogP contribution in [0, 0.1) is 0 Å². The zero-order valence-corrected chi connectivity index (χ0v) is 7.66. The maximum Gasteiger partial charge on any atom is 0.00870 e. The molecule has 0 N–H and O–H groups in total. The van der Waals surface area contributed by atoms with Crippen LogP contribution in [0.5, 0.6) is 0 Å². The van der Waals surface area contributed by atoms with Crippen molar-refractivity contribution in [3.63, 3.8) is 0 Å². The molecule has 1 atom stereocenters. The van der Waals surface area contributed by atoms with Gasteiger partial charge in [0.1, 0.15) is 0 Å². The van der Waals surface area contributed by atoms with Crippen molar-refractivity contribution in [3.05, 3.63) is 12.2 Å². The fourth-order valence-corrected chi connectivity index (χ4v) is 2.54. The molecule has 0 spiro atoms. The summed E-state index contributed by atoms with van der Waals surface area (Å²) in [5.74, 6) is 0. The largest absolute Gasteiger partial charge is 0.155 e. The number of hydrogen-bond donors (Lipinski definition) is 0. The lowest BCUT2D eigenvalue weighted by Crippen LogP contribution is -2.07. The summed E-state index contributed by atoms with van der Waals surface area (Å²) in [5, 5.41) is 1.71. The van der Waals surface area contributed by atoms with Crippen molar-refractivity contribution >= 4 is 11.8 Å². The third-order valence-electron chi connectivity index (χ3n) is 1.69. The summed E-state index contributed by atoms with van der Waals surface area (Å²) >= 11 is 2.12. The molecule has 1 heteroatoms. The second-order valence-electron chi connectivity index (χ2n) is 3.09. The minimum absolute atomic E-state index is 0.802. The van der Waals surface area contributed by atoms with Crippen molar-refractivity contribution in [2.75, 3.05) is 0 Å². The smallest absolute Gasteiger partial charge is 0.00870 e. The van der Waals surface area contributed by atoms with Crippen LogP contribution < -0.4 is 0 Å². The lowest BCUT2D eigenvalue weighted by molar-refractivity contribution is 0.745. The molecular formula is C9H16S. The van der Waals surface area contributed by atoms with E-state index in [1.54, 1.807) is 0 Å². The van der Waals surface area contributed by atoms with E-state index < -0.39 is 0 Å². The summed E-state index contributed by atoms with van der Waals surface area (Å²) in [4.78, 5) is 0. The van der Waals surface area contributed by atoms with Gasteiger partial charge in [0.15, 0.2) is 0 Å². The Hall–Kier alpha value is 0.0900. The van der Waals surface area contributed by atoms with Gasteiger partial charge in [-0.1, -0.05) is 26.0 Å². The molecule has 0 bridgehead atoms. The van der Waals surface area contributed by atoms with Gasteiger partial charge in [-0.25, -0.2) is 0 Å². The van der Waals surface area contributed by atoms with Crippen molar-refractivity contribution < 1.29 is 0 Å². The molecule has 1 aliphatic carbocycles. The Morgan fingerprint density at radius 3 is 2.70 bits per heavy atom. The Balaban J connectivity index is 2.22. The first-order valence-electron chi connectivity index (χ1n) is 4.09. The van der Waals surface area contributed by atoms with E-state index >= 15 is 0 Å². The molecule has 1 unspecified atom stereocenters. The molecule has 58 valence electrons. The van der Waals surface area contributed by atoms with Gasteiger partial charge in [-0.3, -0.25) is 0 Å². The van der Waals surface area contributed by atoms with Gasteiger partial charge in [-0.15, -0.1) is 0 Å². The third-order valence-corrected chi connectivity index (χ3v) is 3.04. The van der Waals surface area contributed by atoms with Crippen molar-refractivity contribution in [1.82, 2.24) is 0 Å². The fraction of sp³-hybridized carbons (Fsp3) is 0.778. The normalized spacial score (nSPS) is 25.7. The summed E-state index contributed by atoms with van der Waals surface area (Å²) < 4.78 is 0. The highest BCUT2D eigenvalue weighted by Crippen LogP contribution is 2.27. The first-order chi connectivity index (χ1) is 4.79. The van der Waals surface area contributed by atoms with E-state index in [0.717, 1.165) is 10.5 Å². The Labute approximate surface area is 68.1 Å². The second kappa shape index (κ2) is 4.07. The molecule has 0 nitrogen and oxygen atoms in total. The Morgan fingerprint density at radius 1 is 1.40 bits per heavy atom. The van der Waals surface area contributed by atoms with Gasteiger partial charge in [-0.2, -0.15) is 11.8 Å². The third kappa shape index (κ3) is 2.78. The highest BCUT2D eigenvalue weighted by molar-refractivity contribution is 8.00. The zero-order valence-electron chi connectivity index (χ0n) is 6.84. The van der Waals surface area contributed by atoms with Gasteiger partial charge < -0.3 is 0 Å². The van der Waals surface area contributed by atoms with Crippen LogP contribution in [0.15, 0.2) is 12.2 Å². The molecule has 0 saturated carbocycles. The van der Waals surface area contributed by atoms with Crippen molar-refractivity contribution in [2.45, 2.75) is 43.6 Å². The first kappa shape index (κ1) is 8.19. The quantitative estimate of drug-likeness (QED) is 0.553. The molecule has 0 saturated heterocycles. The SMILES string of the molecule is CC(C)SC1CC=CCC1. The molecule has 1 aliphatic rings. The van der Waals surface area contributed by atoms with E-state index in [9.17, 15) is 0 Å². The molecule has 1 rings (SSSR count). The summed E-state index contributed by atoms with van der Waals surface area (Å²) in [6, 6.07) is 0. The monoisotopic (exact) mass is 156 g/mol. The lowest BCUT2D eigenvalue weighted by atomic mass is 10.1. The number of hydrogen-bond acceptors (Lipinski definition) is 1. The average molecular weight is 156 g/mol. The van der Waals surface area contributed by atoms with E-state index in [4.69, 9.17) is 0 Å². The molecule has 0 aliphatic heterocycles.